The molecule has 0 fully saturated rings. The molecule has 0 aromatic heterocycles. The van der Waals surface area contributed by atoms with Crippen LogP contribution < -0.4 is 5.32 Å². The van der Waals surface area contributed by atoms with Crippen molar-refractivity contribution in [2.45, 2.75) is 20.8 Å². The minimum absolute atomic E-state index is 0.742. The summed E-state index contributed by atoms with van der Waals surface area (Å²) < 4.78 is 0. The summed E-state index contributed by atoms with van der Waals surface area (Å²) in [5.41, 5.74) is 1.17. The topological polar surface area (TPSA) is 12.0 Å². The molecule has 1 nitrogen and oxygen atoms in total. The molecule has 1 N–H and O–H groups in total. The van der Waals surface area contributed by atoms with Crippen LogP contribution in [0, 0.1) is 0 Å². The van der Waals surface area contributed by atoms with Crippen molar-refractivity contribution in [2.75, 3.05) is 6.54 Å². The lowest BCUT2D eigenvalue weighted by molar-refractivity contribution is 0.919. The number of allylic oxidation sites excluding steroid dienone is 5. The van der Waals surface area contributed by atoms with Gasteiger partial charge in [-0.3, -0.25) is 0 Å². The predicted molar refractivity (Wildman–Crippen MR) is 56.2 cm³/mol. The molecule has 0 amide bonds. The first kappa shape index (κ1) is 11.3. The summed E-state index contributed by atoms with van der Waals surface area (Å²) in [7, 11) is 0. The van der Waals surface area contributed by atoms with Gasteiger partial charge in [0, 0.05) is 11.6 Å². The van der Waals surface area contributed by atoms with Crippen molar-refractivity contribution in [3.8, 4) is 0 Å². The third-order valence-electron chi connectivity index (χ3n) is 1.39. The molecule has 2 heteroatoms. The Hall–Kier alpha value is -0.690. The summed E-state index contributed by atoms with van der Waals surface area (Å²) in [6, 6.07) is 0. The zero-order chi connectivity index (χ0) is 9.40. The molecule has 0 bridgehead atoms. The maximum atomic E-state index is 5.88. The van der Waals surface area contributed by atoms with Crippen molar-refractivity contribution < 1.29 is 0 Å². The van der Waals surface area contributed by atoms with Gasteiger partial charge in [-0.05, 0) is 39.1 Å². The molecule has 0 saturated heterocycles. The molecular formula is C10H16ClN. The number of hydrogen-bond acceptors (Lipinski definition) is 1. The lowest BCUT2D eigenvalue weighted by atomic mass is 10.2. The van der Waals surface area contributed by atoms with Crippen molar-refractivity contribution in [3.05, 3.63) is 35.0 Å². The van der Waals surface area contributed by atoms with Crippen LogP contribution in [0.15, 0.2) is 35.0 Å². The van der Waals surface area contributed by atoms with E-state index >= 15 is 0 Å². The first-order valence-electron chi connectivity index (χ1n) is 4.10. The molecule has 12 heavy (non-hydrogen) atoms. The van der Waals surface area contributed by atoms with Gasteiger partial charge in [0.1, 0.15) is 0 Å². The van der Waals surface area contributed by atoms with Crippen molar-refractivity contribution in [2.24, 2.45) is 0 Å². The summed E-state index contributed by atoms with van der Waals surface area (Å²) in [4.78, 5) is 0. The minimum Gasteiger partial charge on any atom is -0.391 e. The monoisotopic (exact) mass is 185 g/mol. The average molecular weight is 186 g/mol. The largest absolute Gasteiger partial charge is 0.391 e. The van der Waals surface area contributed by atoms with Gasteiger partial charge < -0.3 is 5.32 Å². The minimum atomic E-state index is 0.742. The molecule has 0 aliphatic rings. The highest BCUT2D eigenvalue weighted by Gasteiger charge is 1.84. The average Bonchev–Trinajstić information content (AvgIpc) is 2.05. The molecule has 0 aliphatic carbocycles. The second kappa shape index (κ2) is 6.99. The van der Waals surface area contributed by atoms with E-state index in [9.17, 15) is 0 Å². The van der Waals surface area contributed by atoms with Crippen molar-refractivity contribution in [1.29, 1.82) is 0 Å². The van der Waals surface area contributed by atoms with Gasteiger partial charge in [0.05, 0.1) is 0 Å². The normalized spacial score (nSPS) is 14.0. The molecule has 0 unspecified atom stereocenters. The van der Waals surface area contributed by atoms with E-state index < -0.39 is 0 Å². The van der Waals surface area contributed by atoms with Gasteiger partial charge in [0.25, 0.3) is 0 Å². The summed E-state index contributed by atoms with van der Waals surface area (Å²) in [5.74, 6) is 0. The number of halogens is 1. The van der Waals surface area contributed by atoms with E-state index in [0.29, 0.717) is 0 Å². The highest BCUT2D eigenvalue weighted by atomic mass is 35.5. The van der Waals surface area contributed by atoms with Crippen LogP contribution in [-0.4, -0.2) is 6.54 Å². The Morgan fingerprint density at radius 1 is 1.50 bits per heavy atom. The van der Waals surface area contributed by atoms with E-state index in [1.807, 2.05) is 45.2 Å². The van der Waals surface area contributed by atoms with Crippen LogP contribution in [0.1, 0.15) is 20.8 Å². The standard InChI is InChI=1S/C10H16ClN/c1-4-9(3)8-10(11)6-7-12-5-2/h4,6-8,12H,5H2,1-3H3/b7-6+,9-4-,10-8+. The van der Waals surface area contributed by atoms with E-state index in [4.69, 9.17) is 11.6 Å². The fraction of sp³-hybridized carbons (Fsp3) is 0.400. The fourth-order valence-corrected chi connectivity index (χ4v) is 0.840. The smallest absolute Gasteiger partial charge is 0.0422 e. The molecule has 0 radical (unpaired) electrons. The van der Waals surface area contributed by atoms with Crippen molar-refractivity contribution in [3.63, 3.8) is 0 Å². The molecular weight excluding hydrogens is 170 g/mol. The first-order valence-corrected chi connectivity index (χ1v) is 4.48. The van der Waals surface area contributed by atoms with E-state index in [1.54, 1.807) is 0 Å². The van der Waals surface area contributed by atoms with Gasteiger partial charge in [0.2, 0.25) is 0 Å². The molecule has 0 heterocycles. The lowest BCUT2D eigenvalue weighted by Gasteiger charge is -1.93. The molecule has 0 aromatic rings. The Labute approximate surface area is 79.8 Å². The molecule has 0 rings (SSSR count). The lowest BCUT2D eigenvalue weighted by Crippen LogP contribution is -2.01. The van der Waals surface area contributed by atoms with E-state index in [0.717, 1.165) is 11.6 Å². The Morgan fingerprint density at radius 2 is 2.17 bits per heavy atom. The summed E-state index contributed by atoms with van der Waals surface area (Å²) in [6.45, 7) is 6.97. The SMILES string of the molecule is C\C=C(C)/C=C(Cl)\C=C\NCC. The quantitative estimate of drug-likeness (QED) is 0.664. The second-order valence-electron chi connectivity index (χ2n) is 2.45. The van der Waals surface area contributed by atoms with Crippen LogP contribution in [0.2, 0.25) is 0 Å². The Kier molecular flexibility index (Phi) is 6.58. The van der Waals surface area contributed by atoms with Crippen LogP contribution in [-0.2, 0) is 0 Å². The second-order valence-corrected chi connectivity index (χ2v) is 2.89. The van der Waals surface area contributed by atoms with Crippen molar-refractivity contribution >= 4 is 11.6 Å². The molecule has 0 aromatic carbocycles. The first-order chi connectivity index (χ1) is 5.70. The Bertz CT molecular complexity index is 202. The Morgan fingerprint density at radius 3 is 2.67 bits per heavy atom. The highest BCUT2D eigenvalue weighted by molar-refractivity contribution is 6.31. The number of nitrogens with one attached hydrogen (secondary N) is 1. The van der Waals surface area contributed by atoms with Crippen LogP contribution in [0.3, 0.4) is 0 Å². The van der Waals surface area contributed by atoms with Crippen LogP contribution >= 0.6 is 11.6 Å². The molecule has 68 valence electrons. The van der Waals surface area contributed by atoms with Gasteiger partial charge >= 0.3 is 0 Å². The van der Waals surface area contributed by atoms with Crippen LogP contribution in [0.5, 0.6) is 0 Å². The Balaban J connectivity index is 4.02. The third kappa shape index (κ3) is 6.05. The maximum absolute atomic E-state index is 5.88. The van der Waals surface area contributed by atoms with Gasteiger partial charge in [0.15, 0.2) is 0 Å². The molecule has 0 atom stereocenters. The van der Waals surface area contributed by atoms with Gasteiger partial charge in [-0.2, -0.15) is 0 Å². The van der Waals surface area contributed by atoms with Gasteiger partial charge in [-0.1, -0.05) is 23.3 Å². The summed E-state index contributed by atoms with van der Waals surface area (Å²) >= 11 is 5.88. The summed E-state index contributed by atoms with van der Waals surface area (Å²) in [5, 5.41) is 3.79. The van der Waals surface area contributed by atoms with E-state index in [1.165, 1.54) is 5.57 Å². The summed E-state index contributed by atoms with van der Waals surface area (Å²) in [6.07, 6.45) is 7.64. The van der Waals surface area contributed by atoms with Crippen LogP contribution in [0.25, 0.3) is 0 Å². The highest BCUT2D eigenvalue weighted by Crippen LogP contribution is 2.07. The maximum Gasteiger partial charge on any atom is 0.0422 e. The zero-order valence-corrected chi connectivity index (χ0v) is 8.65. The zero-order valence-electron chi connectivity index (χ0n) is 7.89. The van der Waals surface area contributed by atoms with Crippen LogP contribution in [0.4, 0.5) is 0 Å². The third-order valence-corrected chi connectivity index (χ3v) is 1.62. The molecule has 0 aliphatic heterocycles. The van der Waals surface area contributed by atoms with E-state index in [2.05, 4.69) is 5.32 Å². The molecule has 0 spiro atoms. The van der Waals surface area contributed by atoms with Gasteiger partial charge in [-0.25, -0.2) is 0 Å². The molecule has 0 saturated carbocycles. The van der Waals surface area contributed by atoms with E-state index in [-0.39, 0.29) is 0 Å². The van der Waals surface area contributed by atoms with Gasteiger partial charge in [-0.15, -0.1) is 0 Å². The van der Waals surface area contributed by atoms with Crippen molar-refractivity contribution in [1.82, 2.24) is 5.32 Å². The predicted octanol–water partition coefficient (Wildman–Crippen LogP) is 3.20. The fourth-order valence-electron chi connectivity index (χ4n) is 0.605. The number of rotatable bonds is 4. The number of hydrogen-bond donors (Lipinski definition) is 1.